The molecule has 2 saturated carbocycles. The first-order chi connectivity index (χ1) is 11.3. The molecule has 0 atom stereocenters. The predicted molar refractivity (Wildman–Crippen MR) is 87.0 cm³/mol. The third-order valence-corrected chi connectivity index (χ3v) is 5.08. The first-order valence-corrected chi connectivity index (χ1v) is 8.77. The summed E-state index contributed by atoms with van der Waals surface area (Å²) in [6.07, 6.45) is 6.74. The Morgan fingerprint density at radius 2 is 1.91 bits per heavy atom. The number of thiazole rings is 1. The maximum Gasteiger partial charge on any atom is 0.277 e. The van der Waals surface area contributed by atoms with Crippen LogP contribution in [0.25, 0.3) is 5.65 Å². The van der Waals surface area contributed by atoms with Gasteiger partial charge in [-0.3, -0.25) is 10.1 Å². The number of nitrogens with zero attached hydrogens (tertiary/aromatic N) is 4. The number of hydrogen-bond acceptors (Lipinski definition) is 5. The minimum absolute atomic E-state index is 0.231. The van der Waals surface area contributed by atoms with Crippen LogP contribution in [0, 0.1) is 0 Å². The fourth-order valence-corrected chi connectivity index (χ4v) is 3.46. The second kappa shape index (κ2) is 4.86. The molecule has 0 spiro atoms. The molecule has 6 nitrogen and oxygen atoms in total. The van der Waals surface area contributed by atoms with E-state index in [0.717, 1.165) is 17.0 Å². The Morgan fingerprint density at radius 3 is 2.70 bits per heavy atom. The van der Waals surface area contributed by atoms with Gasteiger partial charge in [0.2, 0.25) is 0 Å². The van der Waals surface area contributed by atoms with E-state index >= 15 is 0 Å². The lowest BCUT2D eigenvalue weighted by Gasteiger charge is -2.01. The zero-order valence-corrected chi connectivity index (χ0v) is 13.2. The van der Waals surface area contributed by atoms with Crippen LogP contribution in [0.15, 0.2) is 23.7 Å². The van der Waals surface area contributed by atoms with Crippen LogP contribution in [0.3, 0.4) is 0 Å². The van der Waals surface area contributed by atoms with Crippen molar-refractivity contribution in [2.45, 2.75) is 37.5 Å². The SMILES string of the molecule is O=C(Nc1nc(C2CC2)cs1)c1ccc2nc(C3CC3)cn2n1. The van der Waals surface area contributed by atoms with E-state index in [1.807, 2.05) is 17.6 Å². The zero-order valence-electron chi connectivity index (χ0n) is 12.4. The smallest absolute Gasteiger partial charge is 0.277 e. The highest BCUT2D eigenvalue weighted by molar-refractivity contribution is 7.14. The van der Waals surface area contributed by atoms with E-state index in [1.165, 1.54) is 37.0 Å². The van der Waals surface area contributed by atoms with Crippen LogP contribution >= 0.6 is 11.3 Å². The molecule has 2 fully saturated rings. The molecule has 1 N–H and O–H groups in total. The second-order valence-electron chi connectivity index (χ2n) is 6.27. The van der Waals surface area contributed by atoms with Crippen LogP contribution in [-0.4, -0.2) is 25.5 Å². The highest BCUT2D eigenvalue weighted by Gasteiger charge is 2.27. The van der Waals surface area contributed by atoms with Crippen molar-refractivity contribution in [2.24, 2.45) is 0 Å². The van der Waals surface area contributed by atoms with Gasteiger partial charge in [0.15, 0.2) is 10.8 Å². The molecule has 2 aliphatic rings. The number of aromatic nitrogens is 4. The number of imidazole rings is 1. The van der Waals surface area contributed by atoms with Crippen molar-refractivity contribution >= 4 is 28.0 Å². The van der Waals surface area contributed by atoms with E-state index in [9.17, 15) is 4.79 Å². The molecule has 3 heterocycles. The number of amides is 1. The van der Waals surface area contributed by atoms with Crippen molar-refractivity contribution in [2.75, 3.05) is 5.32 Å². The molecule has 1 amide bonds. The Labute approximate surface area is 136 Å². The summed E-state index contributed by atoms with van der Waals surface area (Å²) in [5.41, 5.74) is 3.33. The number of anilines is 1. The Morgan fingerprint density at radius 1 is 1.13 bits per heavy atom. The topological polar surface area (TPSA) is 72.2 Å². The molecule has 7 heteroatoms. The predicted octanol–water partition coefficient (Wildman–Crippen LogP) is 3.19. The monoisotopic (exact) mass is 325 g/mol. The molecule has 0 radical (unpaired) electrons. The van der Waals surface area contributed by atoms with Crippen molar-refractivity contribution in [1.29, 1.82) is 0 Å². The fraction of sp³-hybridized carbons (Fsp3) is 0.375. The lowest BCUT2D eigenvalue weighted by atomic mass is 10.3. The van der Waals surface area contributed by atoms with Gasteiger partial charge in [-0.2, -0.15) is 5.10 Å². The largest absolute Gasteiger partial charge is 0.296 e. The molecule has 0 aliphatic heterocycles. The summed E-state index contributed by atoms with van der Waals surface area (Å²) in [4.78, 5) is 21.4. The van der Waals surface area contributed by atoms with Crippen molar-refractivity contribution in [3.05, 3.63) is 40.8 Å². The molecular weight excluding hydrogens is 310 g/mol. The zero-order chi connectivity index (χ0) is 15.4. The van der Waals surface area contributed by atoms with Gasteiger partial charge in [-0.1, -0.05) is 0 Å². The maximum absolute atomic E-state index is 12.4. The average molecular weight is 325 g/mol. The summed E-state index contributed by atoms with van der Waals surface area (Å²) in [5, 5.41) is 9.89. The van der Waals surface area contributed by atoms with Crippen LogP contribution in [0.4, 0.5) is 5.13 Å². The van der Waals surface area contributed by atoms with E-state index < -0.39 is 0 Å². The number of hydrogen-bond donors (Lipinski definition) is 1. The maximum atomic E-state index is 12.4. The quantitative estimate of drug-likeness (QED) is 0.799. The van der Waals surface area contributed by atoms with Crippen LogP contribution in [0.2, 0.25) is 0 Å². The molecule has 2 aliphatic carbocycles. The first kappa shape index (κ1) is 13.2. The van der Waals surface area contributed by atoms with Crippen molar-refractivity contribution < 1.29 is 4.79 Å². The van der Waals surface area contributed by atoms with Gasteiger partial charge in [-0.25, -0.2) is 14.5 Å². The van der Waals surface area contributed by atoms with Gasteiger partial charge in [0.05, 0.1) is 17.6 Å². The summed E-state index contributed by atoms with van der Waals surface area (Å²) >= 11 is 1.47. The molecule has 5 rings (SSSR count). The summed E-state index contributed by atoms with van der Waals surface area (Å²) < 4.78 is 1.69. The van der Waals surface area contributed by atoms with Crippen LogP contribution < -0.4 is 5.32 Å². The first-order valence-electron chi connectivity index (χ1n) is 7.89. The van der Waals surface area contributed by atoms with Crippen LogP contribution in [0.1, 0.15) is 59.4 Å². The Bertz CT molecular complexity index is 906. The van der Waals surface area contributed by atoms with E-state index in [0.29, 0.717) is 22.7 Å². The number of carbonyl (C=O) groups is 1. The van der Waals surface area contributed by atoms with Crippen LogP contribution in [-0.2, 0) is 0 Å². The van der Waals surface area contributed by atoms with E-state index in [4.69, 9.17) is 0 Å². The fourth-order valence-electron chi connectivity index (χ4n) is 2.67. The Kier molecular flexibility index (Phi) is 2.78. The molecule has 23 heavy (non-hydrogen) atoms. The average Bonchev–Trinajstić information content (AvgIpc) is 3.48. The Hall–Kier alpha value is -2.28. The molecule has 0 aromatic carbocycles. The lowest BCUT2D eigenvalue weighted by molar-refractivity contribution is 0.102. The van der Waals surface area contributed by atoms with Crippen LogP contribution in [0.5, 0.6) is 0 Å². The number of nitrogens with one attached hydrogen (secondary N) is 1. The number of carbonyl (C=O) groups excluding carboxylic acids is 1. The van der Waals surface area contributed by atoms with E-state index in [1.54, 1.807) is 10.6 Å². The van der Waals surface area contributed by atoms with Crippen molar-refractivity contribution in [3.8, 4) is 0 Å². The van der Waals surface area contributed by atoms with Gasteiger partial charge in [-0.05, 0) is 37.8 Å². The number of rotatable bonds is 4. The summed E-state index contributed by atoms with van der Waals surface area (Å²) in [5.74, 6) is 0.939. The third-order valence-electron chi connectivity index (χ3n) is 4.30. The standard InChI is InChI=1S/C16H15N5OS/c22-15(19-16-18-13(8-23-16)10-3-4-10)11-5-6-14-17-12(9-1-2-9)7-21(14)20-11/h5-10H,1-4H2,(H,18,19,22). The van der Waals surface area contributed by atoms with Gasteiger partial charge in [-0.15, -0.1) is 11.3 Å². The third kappa shape index (κ3) is 2.50. The summed E-state index contributed by atoms with van der Waals surface area (Å²) in [6.45, 7) is 0. The summed E-state index contributed by atoms with van der Waals surface area (Å²) in [7, 11) is 0. The lowest BCUT2D eigenvalue weighted by Crippen LogP contribution is -2.15. The van der Waals surface area contributed by atoms with Gasteiger partial charge < -0.3 is 0 Å². The van der Waals surface area contributed by atoms with E-state index in [-0.39, 0.29) is 5.91 Å². The minimum atomic E-state index is -0.231. The second-order valence-corrected chi connectivity index (χ2v) is 7.13. The highest BCUT2D eigenvalue weighted by atomic mass is 32.1. The Balaban J connectivity index is 1.38. The molecule has 3 aromatic heterocycles. The van der Waals surface area contributed by atoms with Crippen molar-refractivity contribution in [3.63, 3.8) is 0 Å². The minimum Gasteiger partial charge on any atom is -0.296 e. The van der Waals surface area contributed by atoms with Gasteiger partial charge in [0.25, 0.3) is 5.91 Å². The molecule has 116 valence electrons. The molecular formula is C16H15N5OS. The normalized spacial score (nSPS) is 17.6. The number of fused-ring (bicyclic) bond motifs is 1. The van der Waals surface area contributed by atoms with Gasteiger partial charge >= 0.3 is 0 Å². The van der Waals surface area contributed by atoms with Crippen molar-refractivity contribution in [1.82, 2.24) is 19.6 Å². The molecule has 3 aromatic rings. The summed E-state index contributed by atoms with van der Waals surface area (Å²) in [6, 6.07) is 3.55. The molecule has 0 saturated heterocycles. The van der Waals surface area contributed by atoms with Gasteiger partial charge in [0.1, 0.15) is 5.69 Å². The highest BCUT2D eigenvalue weighted by Crippen LogP contribution is 2.41. The molecule has 0 unspecified atom stereocenters. The van der Waals surface area contributed by atoms with Gasteiger partial charge in [0, 0.05) is 17.2 Å². The van der Waals surface area contributed by atoms with E-state index in [2.05, 4.69) is 20.4 Å². The molecule has 0 bridgehead atoms.